The Hall–Kier alpha value is -2.24. The maximum absolute atomic E-state index is 12.5. The van der Waals surface area contributed by atoms with Gasteiger partial charge in [0.15, 0.2) is 0 Å². The first-order valence-electron chi connectivity index (χ1n) is 6.56. The summed E-state index contributed by atoms with van der Waals surface area (Å²) >= 11 is 0. The topological polar surface area (TPSA) is 77.3 Å². The fraction of sp³-hybridized carbons (Fsp3) is 0.429. The zero-order valence-corrected chi connectivity index (χ0v) is 12.3. The molecular formula is C14H20N4O2. The van der Waals surface area contributed by atoms with Gasteiger partial charge in [0, 0.05) is 14.1 Å². The summed E-state index contributed by atoms with van der Waals surface area (Å²) in [5.74, 6) is 1.41. The van der Waals surface area contributed by atoms with E-state index in [9.17, 15) is 4.79 Å². The van der Waals surface area contributed by atoms with Crippen molar-refractivity contribution in [1.29, 1.82) is 0 Å². The summed E-state index contributed by atoms with van der Waals surface area (Å²) in [5.41, 5.74) is 7.63. The van der Waals surface area contributed by atoms with Crippen molar-refractivity contribution in [2.24, 2.45) is 7.05 Å². The summed E-state index contributed by atoms with van der Waals surface area (Å²) in [6.45, 7) is 4.24. The summed E-state index contributed by atoms with van der Waals surface area (Å²) in [6, 6.07) is 3.74. The van der Waals surface area contributed by atoms with Crippen molar-refractivity contribution < 1.29 is 9.21 Å². The SMILES string of the molecule is CCc1nn(C)c(C(=O)N(C)Cc2ccc(C)o2)c1N. The Morgan fingerprint density at radius 3 is 2.70 bits per heavy atom. The maximum Gasteiger partial charge on any atom is 0.274 e. The lowest BCUT2D eigenvalue weighted by Gasteiger charge is -2.16. The minimum Gasteiger partial charge on any atom is -0.464 e. The molecule has 2 heterocycles. The highest BCUT2D eigenvalue weighted by Crippen LogP contribution is 2.19. The smallest absolute Gasteiger partial charge is 0.274 e. The predicted octanol–water partition coefficient (Wildman–Crippen LogP) is 1.74. The van der Waals surface area contributed by atoms with E-state index in [1.165, 1.54) is 0 Å². The molecule has 0 atom stereocenters. The number of anilines is 1. The third-order valence-electron chi connectivity index (χ3n) is 3.23. The average Bonchev–Trinajstić information content (AvgIpc) is 2.92. The predicted molar refractivity (Wildman–Crippen MR) is 76.2 cm³/mol. The van der Waals surface area contributed by atoms with Crippen LogP contribution in [-0.2, 0) is 20.0 Å². The number of nitrogens with zero attached hydrogens (tertiary/aromatic N) is 3. The van der Waals surface area contributed by atoms with E-state index in [0.29, 0.717) is 24.3 Å². The second kappa shape index (κ2) is 5.40. The number of amides is 1. The van der Waals surface area contributed by atoms with Gasteiger partial charge in [-0.05, 0) is 25.5 Å². The van der Waals surface area contributed by atoms with Crippen LogP contribution in [-0.4, -0.2) is 27.6 Å². The molecule has 0 aliphatic heterocycles. The Balaban J connectivity index is 2.20. The summed E-state index contributed by atoms with van der Waals surface area (Å²) in [5, 5.41) is 4.26. The second-order valence-electron chi connectivity index (χ2n) is 4.86. The molecule has 6 nitrogen and oxygen atoms in total. The van der Waals surface area contributed by atoms with Crippen LogP contribution >= 0.6 is 0 Å². The van der Waals surface area contributed by atoms with Gasteiger partial charge in [0.1, 0.15) is 17.2 Å². The normalized spacial score (nSPS) is 10.8. The molecule has 0 fully saturated rings. The highest BCUT2D eigenvalue weighted by molar-refractivity contribution is 5.97. The first-order valence-corrected chi connectivity index (χ1v) is 6.56. The standard InChI is InChI=1S/C14H20N4O2/c1-5-11-12(15)13(18(4)16-11)14(19)17(3)8-10-7-6-9(2)20-10/h6-7H,5,8,15H2,1-4H3. The number of carbonyl (C=O) groups is 1. The molecule has 2 aromatic heterocycles. The summed E-state index contributed by atoms with van der Waals surface area (Å²) in [4.78, 5) is 14.0. The highest BCUT2D eigenvalue weighted by Gasteiger charge is 2.22. The highest BCUT2D eigenvalue weighted by atomic mass is 16.3. The van der Waals surface area contributed by atoms with Crippen LogP contribution in [0.5, 0.6) is 0 Å². The molecule has 0 unspecified atom stereocenters. The molecule has 20 heavy (non-hydrogen) atoms. The number of aryl methyl sites for hydroxylation is 3. The van der Waals surface area contributed by atoms with Crippen molar-refractivity contribution >= 4 is 11.6 Å². The number of furan rings is 1. The van der Waals surface area contributed by atoms with Crippen molar-refractivity contribution in [3.05, 3.63) is 35.0 Å². The van der Waals surface area contributed by atoms with Gasteiger partial charge in [0.2, 0.25) is 0 Å². The van der Waals surface area contributed by atoms with E-state index in [-0.39, 0.29) is 5.91 Å². The molecule has 0 aliphatic carbocycles. The lowest BCUT2D eigenvalue weighted by molar-refractivity contribution is 0.0765. The van der Waals surface area contributed by atoms with Gasteiger partial charge >= 0.3 is 0 Å². The second-order valence-corrected chi connectivity index (χ2v) is 4.86. The Bertz CT molecular complexity index is 627. The van der Waals surface area contributed by atoms with Gasteiger partial charge in [-0.1, -0.05) is 6.92 Å². The fourth-order valence-corrected chi connectivity index (χ4v) is 2.17. The summed E-state index contributed by atoms with van der Waals surface area (Å²) in [6.07, 6.45) is 0.702. The number of rotatable bonds is 4. The van der Waals surface area contributed by atoms with Crippen LogP contribution in [0.3, 0.4) is 0 Å². The number of carbonyl (C=O) groups excluding carboxylic acids is 1. The number of nitrogens with two attached hydrogens (primary N) is 1. The number of aromatic nitrogens is 2. The minimum atomic E-state index is -0.161. The lowest BCUT2D eigenvalue weighted by atomic mass is 10.2. The van der Waals surface area contributed by atoms with Crippen molar-refractivity contribution in [2.75, 3.05) is 12.8 Å². The van der Waals surface area contributed by atoms with Gasteiger partial charge in [-0.25, -0.2) is 0 Å². The van der Waals surface area contributed by atoms with E-state index in [0.717, 1.165) is 17.2 Å². The van der Waals surface area contributed by atoms with Gasteiger partial charge in [0.05, 0.1) is 17.9 Å². The van der Waals surface area contributed by atoms with E-state index < -0.39 is 0 Å². The molecule has 0 saturated heterocycles. The van der Waals surface area contributed by atoms with Gasteiger partial charge in [-0.15, -0.1) is 0 Å². The Labute approximate surface area is 118 Å². The monoisotopic (exact) mass is 276 g/mol. The molecule has 0 bridgehead atoms. The van der Waals surface area contributed by atoms with Crippen molar-refractivity contribution in [3.8, 4) is 0 Å². The van der Waals surface area contributed by atoms with Crippen LogP contribution in [0, 0.1) is 6.92 Å². The average molecular weight is 276 g/mol. The number of hydrogen-bond acceptors (Lipinski definition) is 4. The zero-order chi connectivity index (χ0) is 14.9. The Morgan fingerprint density at radius 1 is 1.50 bits per heavy atom. The first-order chi connectivity index (χ1) is 9.43. The zero-order valence-electron chi connectivity index (χ0n) is 12.3. The molecule has 2 aromatic rings. The van der Waals surface area contributed by atoms with E-state index in [1.54, 1.807) is 23.7 Å². The lowest BCUT2D eigenvalue weighted by Crippen LogP contribution is -2.28. The van der Waals surface area contributed by atoms with Crippen LogP contribution in [0.25, 0.3) is 0 Å². The largest absolute Gasteiger partial charge is 0.464 e. The molecule has 0 radical (unpaired) electrons. The molecular weight excluding hydrogens is 256 g/mol. The number of nitrogen functional groups attached to an aromatic ring is 1. The first kappa shape index (κ1) is 14.2. The van der Waals surface area contributed by atoms with Crippen LogP contribution < -0.4 is 5.73 Å². The maximum atomic E-state index is 12.5. The summed E-state index contributed by atoms with van der Waals surface area (Å²) < 4.78 is 7.02. The van der Waals surface area contributed by atoms with Gasteiger partial charge in [-0.3, -0.25) is 9.48 Å². The van der Waals surface area contributed by atoms with Crippen molar-refractivity contribution in [1.82, 2.24) is 14.7 Å². The third kappa shape index (κ3) is 2.54. The van der Waals surface area contributed by atoms with E-state index in [4.69, 9.17) is 10.2 Å². The van der Waals surface area contributed by atoms with Crippen molar-refractivity contribution in [3.63, 3.8) is 0 Å². The van der Waals surface area contributed by atoms with E-state index in [2.05, 4.69) is 5.10 Å². The van der Waals surface area contributed by atoms with Crippen LogP contribution in [0.4, 0.5) is 5.69 Å². The molecule has 0 aliphatic rings. The Morgan fingerprint density at radius 2 is 2.20 bits per heavy atom. The van der Waals surface area contributed by atoms with Gasteiger partial charge in [-0.2, -0.15) is 5.10 Å². The number of hydrogen-bond donors (Lipinski definition) is 1. The molecule has 0 saturated carbocycles. The van der Waals surface area contributed by atoms with Crippen LogP contribution in [0.1, 0.15) is 34.6 Å². The minimum absolute atomic E-state index is 0.161. The van der Waals surface area contributed by atoms with E-state index >= 15 is 0 Å². The Kier molecular flexibility index (Phi) is 3.83. The molecule has 0 aromatic carbocycles. The van der Waals surface area contributed by atoms with Gasteiger partial charge < -0.3 is 15.1 Å². The van der Waals surface area contributed by atoms with E-state index in [1.807, 2.05) is 26.0 Å². The molecule has 2 N–H and O–H groups in total. The molecule has 108 valence electrons. The summed E-state index contributed by atoms with van der Waals surface area (Å²) in [7, 11) is 3.45. The fourth-order valence-electron chi connectivity index (χ4n) is 2.17. The third-order valence-corrected chi connectivity index (χ3v) is 3.23. The molecule has 0 spiro atoms. The molecule has 6 heteroatoms. The van der Waals surface area contributed by atoms with Crippen LogP contribution in [0.15, 0.2) is 16.5 Å². The van der Waals surface area contributed by atoms with Crippen LogP contribution in [0.2, 0.25) is 0 Å². The van der Waals surface area contributed by atoms with Crippen molar-refractivity contribution in [2.45, 2.75) is 26.8 Å². The molecule has 2 rings (SSSR count). The van der Waals surface area contributed by atoms with Gasteiger partial charge in [0.25, 0.3) is 5.91 Å². The quantitative estimate of drug-likeness (QED) is 0.922. The molecule has 1 amide bonds.